The summed E-state index contributed by atoms with van der Waals surface area (Å²) in [6, 6.07) is 5.88. The topological polar surface area (TPSA) is 49.0 Å². The van der Waals surface area contributed by atoms with Crippen LogP contribution in [0, 0.1) is 0 Å². The number of hydrogen-bond acceptors (Lipinski definition) is 5. The van der Waals surface area contributed by atoms with E-state index in [1.54, 1.807) is 0 Å². The minimum atomic E-state index is -0.506. The van der Waals surface area contributed by atoms with Gasteiger partial charge in [0.25, 0.3) is 0 Å². The second-order valence-electron chi connectivity index (χ2n) is 5.39. The molecular formula is C16H25NO4. The van der Waals surface area contributed by atoms with Gasteiger partial charge in [-0.1, -0.05) is 0 Å². The zero-order valence-corrected chi connectivity index (χ0v) is 13.3. The van der Waals surface area contributed by atoms with Crippen LogP contribution in [0.4, 0.5) is 5.69 Å². The van der Waals surface area contributed by atoms with Gasteiger partial charge in [-0.05, 0) is 39.8 Å². The Kier molecular flexibility index (Phi) is 5.31. The molecule has 0 saturated carbocycles. The van der Waals surface area contributed by atoms with E-state index in [1.165, 1.54) is 0 Å². The van der Waals surface area contributed by atoms with Crippen LogP contribution in [-0.4, -0.2) is 38.3 Å². The summed E-state index contributed by atoms with van der Waals surface area (Å²) in [5, 5.41) is 3.42. The van der Waals surface area contributed by atoms with E-state index in [2.05, 4.69) is 5.32 Å². The van der Waals surface area contributed by atoms with Crippen LogP contribution in [0.25, 0.3) is 0 Å². The molecule has 0 atom stereocenters. The summed E-state index contributed by atoms with van der Waals surface area (Å²) in [6.07, 6.45) is 0. The molecule has 0 amide bonds. The normalized spacial score (nSPS) is 18.3. The minimum absolute atomic E-state index is 0.0918. The number of hydrogen-bond donors (Lipinski definition) is 1. The van der Waals surface area contributed by atoms with E-state index in [-0.39, 0.29) is 6.04 Å². The first-order valence-electron chi connectivity index (χ1n) is 7.48. The first kappa shape index (κ1) is 15.9. The van der Waals surface area contributed by atoms with Crippen molar-refractivity contribution < 1.29 is 18.9 Å². The van der Waals surface area contributed by atoms with Crippen molar-refractivity contribution in [3.05, 3.63) is 18.2 Å². The third-order valence-corrected chi connectivity index (χ3v) is 3.19. The van der Waals surface area contributed by atoms with Gasteiger partial charge in [0.15, 0.2) is 5.79 Å². The molecule has 0 radical (unpaired) electrons. The molecule has 1 fully saturated rings. The van der Waals surface area contributed by atoms with E-state index in [1.807, 2.05) is 45.9 Å². The molecule has 1 N–H and O–H groups in total. The van der Waals surface area contributed by atoms with E-state index >= 15 is 0 Å². The number of anilines is 1. The van der Waals surface area contributed by atoms with Crippen LogP contribution in [-0.2, 0) is 9.47 Å². The molecule has 1 aliphatic rings. The summed E-state index contributed by atoms with van der Waals surface area (Å²) in [5.41, 5.74) is 0.903. The molecule has 0 aliphatic carbocycles. The Hall–Kier alpha value is -1.46. The monoisotopic (exact) mass is 295 g/mol. The van der Waals surface area contributed by atoms with Gasteiger partial charge in [-0.25, -0.2) is 0 Å². The Morgan fingerprint density at radius 1 is 1.14 bits per heavy atom. The number of rotatable bonds is 6. The second-order valence-corrected chi connectivity index (χ2v) is 5.39. The Balaban J connectivity index is 2.07. The van der Waals surface area contributed by atoms with Crippen molar-refractivity contribution >= 4 is 5.69 Å². The molecule has 0 aromatic heterocycles. The largest absolute Gasteiger partial charge is 0.494 e. The lowest BCUT2D eigenvalue weighted by atomic mass is 10.2. The van der Waals surface area contributed by atoms with Crippen molar-refractivity contribution in [1.82, 2.24) is 0 Å². The molecule has 118 valence electrons. The van der Waals surface area contributed by atoms with Crippen LogP contribution in [0.5, 0.6) is 11.5 Å². The summed E-state index contributed by atoms with van der Waals surface area (Å²) in [5.74, 6) is 1.13. The third-order valence-electron chi connectivity index (χ3n) is 3.19. The van der Waals surface area contributed by atoms with Crippen molar-refractivity contribution in [3.63, 3.8) is 0 Å². The van der Waals surface area contributed by atoms with Gasteiger partial charge in [-0.2, -0.15) is 0 Å². The molecule has 0 unspecified atom stereocenters. The predicted molar refractivity (Wildman–Crippen MR) is 82.2 cm³/mol. The predicted octanol–water partition coefficient (Wildman–Crippen LogP) is 3.05. The van der Waals surface area contributed by atoms with Crippen LogP contribution in [0.15, 0.2) is 18.2 Å². The standard InChI is InChI=1S/C16H25NO4/c1-5-18-13-7-8-15(19-6-2)14(9-13)17-12-10-20-16(3,4)21-11-12/h7-9,12,17H,5-6,10-11H2,1-4H3. The lowest BCUT2D eigenvalue weighted by Gasteiger charge is -2.35. The minimum Gasteiger partial charge on any atom is -0.494 e. The zero-order chi connectivity index (χ0) is 15.3. The van der Waals surface area contributed by atoms with Gasteiger partial charge in [0.05, 0.1) is 38.2 Å². The molecule has 1 saturated heterocycles. The van der Waals surface area contributed by atoms with Gasteiger partial charge >= 0.3 is 0 Å². The van der Waals surface area contributed by atoms with Crippen LogP contribution in [0.2, 0.25) is 0 Å². The van der Waals surface area contributed by atoms with Gasteiger partial charge in [-0.3, -0.25) is 0 Å². The molecule has 1 aromatic rings. The van der Waals surface area contributed by atoms with Crippen LogP contribution in [0.3, 0.4) is 0 Å². The Labute approximate surface area is 126 Å². The molecule has 1 aromatic carbocycles. The smallest absolute Gasteiger partial charge is 0.162 e. The molecular weight excluding hydrogens is 270 g/mol. The van der Waals surface area contributed by atoms with Gasteiger partial charge in [0.1, 0.15) is 11.5 Å². The molecule has 1 aliphatic heterocycles. The highest BCUT2D eigenvalue weighted by molar-refractivity contribution is 5.60. The maximum Gasteiger partial charge on any atom is 0.162 e. The molecule has 21 heavy (non-hydrogen) atoms. The fraction of sp³-hybridized carbons (Fsp3) is 0.625. The first-order chi connectivity index (χ1) is 10.0. The van der Waals surface area contributed by atoms with Crippen molar-refractivity contribution in [1.29, 1.82) is 0 Å². The molecule has 5 nitrogen and oxygen atoms in total. The average Bonchev–Trinajstić information content (AvgIpc) is 2.44. The Morgan fingerprint density at radius 2 is 1.81 bits per heavy atom. The van der Waals surface area contributed by atoms with Crippen molar-refractivity contribution in [2.75, 3.05) is 31.7 Å². The van der Waals surface area contributed by atoms with Crippen molar-refractivity contribution in [2.45, 2.75) is 39.5 Å². The summed E-state index contributed by atoms with van der Waals surface area (Å²) < 4.78 is 22.5. The van der Waals surface area contributed by atoms with Gasteiger partial charge in [0, 0.05) is 6.07 Å². The molecule has 1 heterocycles. The van der Waals surface area contributed by atoms with E-state index in [0.29, 0.717) is 26.4 Å². The highest BCUT2D eigenvalue weighted by Crippen LogP contribution is 2.31. The van der Waals surface area contributed by atoms with E-state index in [4.69, 9.17) is 18.9 Å². The Morgan fingerprint density at radius 3 is 2.43 bits per heavy atom. The maximum absolute atomic E-state index is 5.67. The molecule has 0 spiro atoms. The van der Waals surface area contributed by atoms with Gasteiger partial charge in [0.2, 0.25) is 0 Å². The second kappa shape index (κ2) is 7.00. The Bertz CT molecular complexity index is 452. The number of benzene rings is 1. The highest BCUT2D eigenvalue weighted by Gasteiger charge is 2.28. The molecule has 0 bridgehead atoms. The third kappa shape index (κ3) is 4.51. The molecule has 5 heteroatoms. The van der Waals surface area contributed by atoms with Crippen LogP contribution < -0.4 is 14.8 Å². The summed E-state index contributed by atoms with van der Waals surface area (Å²) in [6.45, 7) is 10.2. The summed E-state index contributed by atoms with van der Waals surface area (Å²) in [4.78, 5) is 0. The quantitative estimate of drug-likeness (QED) is 0.874. The fourth-order valence-electron chi connectivity index (χ4n) is 2.16. The number of ether oxygens (including phenoxy) is 4. The maximum atomic E-state index is 5.67. The van der Waals surface area contributed by atoms with Crippen molar-refractivity contribution in [3.8, 4) is 11.5 Å². The fourth-order valence-corrected chi connectivity index (χ4v) is 2.16. The van der Waals surface area contributed by atoms with Gasteiger partial charge < -0.3 is 24.3 Å². The molecule has 2 rings (SSSR count). The van der Waals surface area contributed by atoms with E-state index < -0.39 is 5.79 Å². The highest BCUT2D eigenvalue weighted by atomic mass is 16.7. The SMILES string of the molecule is CCOc1ccc(OCC)c(NC2COC(C)(C)OC2)c1. The first-order valence-corrected chi connectivity index (χ1v) is 7.48. The van der Waals surface area contributed by atoms with Crippen LogP contribution in [0.1, 0.15) is 27.7 Å². The number of nitrogens with one attached hydrogen (secondary N) is 1. The lowest BCUT2D eigenvalue weighted by Crippen LogP contribution is -2.45. The van der Waals surface area contributed by atoms with Gasteiger partial charge in [-0.15, -0.1) is 0 Å². The summed E-state index contributed by atoms with van der Waals surface area (Å²) in [7, 11) is 0. The average molecular weight is 295 g/mol. The zero-order valence-electron chi connectivity index (χ0n) is 13.3. The van der Waals surface area contributed by atoms with E-state index in [9.17, 15) is 0 Å². The lowest BCUT2D eigenvalue weighted by molar-refractivity contribution is -0.247. The van der Waals surface area contributed by atoms with E-state index in [0.717, 1.165) is 17.2 Å². The van der Waals surface area contributed by atoms with Crippen molar-refractivity contribution in [2.24, 2.45) is 0 Å². The summed E-state index contributed by atoms with van der Waals surface area (Å²) >= 11 is 0. The van der Waals surface area contributed by atoms with Crippen LogP contribution >= 0.6 is 0 Å².